The van der Waals surface area contributed by atoms with E-state index < -0.39 is 18.2 Å². The molecule has 0 bridgehead atoms. The van der Waals surface area contributed by atoms with Gasteiger partial charge in [0.15, 0.2) is 0 Å². The number of carbonyl (C=O) groups is 3. The number of carbonyl (C=O) groups excluding carboxylic acids is 3. The number of rotatable bonds is 11. The van der Waals surface area contributed by atoms with E-state index in [1.54, 1.807) is 0 Å². The first-order valence-electron chi connectivity index (χ1n) is 7.99. The molecule has 0 spiro atoms. The first-order valence-corrected chi connectivity index (χ1v) is 8.35. The van der Waals surface area contributed by atoms with E-state index >= 15 is 0 Å². The molecule has 1 unspecified atom stereocenters. The summed E-state index contributed by atoms with van der Waals surface area (Å²) in [6.07, 6.45) is 1.51. The van der Waals surface area contributed by atoms with Gasteiger partial charge in [-0.3, -0.25) is 0 Å². The van der Waals surface area contributed by atoms with Crippen molar-refractivity contribution in [1.29, 1.82) is 0 Å². The van der Waals surface area contributed by atoms with Crippen molar-refractivity contribution in [2.24, 2.45) is 11.3 Å². The largest absolute Gasteiger partial charge is 0.459 e. The van der Waals surface area contributed by atoms with Crippen LogP contribution in [-0.4, -0.2) is 44.5 Å². The van der Waals surface area contributed by atoms with E-state index in [-0.39, 0.29) is 24.5 Å². The molecule has 0 aliphatic rings. The van der Waals surface area contributed by atoms with E-state index in [9.17, 15) is 14.4 Å². The quantitative estimate of drug-likeness (QED) is 0.128. The minimum absolute atomic E-state index is 0.0109. The van der Waals surface area contributed by atoms with Gasteiger partial charge in [-0.2, -0.15) is 0 Å². The van der Waals surface area contributed by atoms with Crippen LogP contribution in [0, 0.1) is 11.3 Å². The maximum absolute atomic E-state index is 11.5. The van der Waals surface area contributed by atoms with Gasteiger partial charge < -0.3 is 24.3 Å². The Kier molecular flexibility index (Phi) is 11.5. The van der Waals surface area contributed by atoms with Gasteiger partial charge in [-0.25, -0.2) is 14.4 Å². The average molecular weight is 376 g/mol. The zero-order valence-electron chi connectivity index (χ0n) is 15.0. The van der Waals surface area contributed by atoms with Crippen molar-refractivity contribution in [2.45, 2.75) is 33.6 Å². The SMILES string of the molecule is C=CC(=O)OCCOC(=O)NCCC(C)(C)CC(C)CNC(=O)OS. The summed E-state index contributed by atoms with van der Waals surface area (Å²) in [6.45, 7) is 10.4. The van der Waals surface area contributed by atoms with Crippen LogP contribution in [0.3, 0.4) is 0 Å². The zero-order chi connectivity index (χ0) is 19.3. The second-order valence-corrected chi connectivity index (χ2v) is 6.60. The van der Waals surface area contributed by atoms with E-state index in [0.29, 0.717) is 13.1 Å². The summed E-state index contributed by atoms with van der Waals surface area (Å²) in [5, 5.41) is 5.25. The fraction of sp³-hybridized carbons (Fsp3) is 0.688. The summed E-state index contributed by atoms with van der Waals surface area (Å²) in [5.41, 5.74) is -0.0290. The summed E-state index contributed by atoms with van der Waals surface area (Å²) < 4.78 is 13.8. The highest BCUT2D eigenvalue weighted by atomic mass is 32.1. The van der Waals surface area contributed by atoms with Crippen molar-refractivity contribution in [3.8, 4) is 0 Å². The molecule has 8 nitrogen and oxygen atoms in total. The molecule has 0 fully saturated rings. The molecular weight excluding hydrogens is 348 g/mol. The van der Waals surface area contributed by atoms with Gasteiger partial charge in [-0.1, -0.05) is 27.4 Å². The van der Waals surface area contributed by atoms with Crippen LogP contribution in [0.25, 0.3) is 0 Å². The van der Waals surface area contributed by atoms with Crippen LogP contribution in [0.4, 0.5) is 9.59 Å². The zero-order valence-corrected chi connectivity index (χ0v) is 15.9. The molecule has 0 aromatic carbocycles. The third-order valence-electron chi connectivity index (χ3n) is 3.38. The minimum atomic E-state index is -0.573. The summed E-state index contributed by atoms with van der Waals surface area (Å²) in [4.78, 5) is 33.3. The van der Waals surface area contributed by atoms with Gasteiger partial charge in [-0.15, -0.1) is 0 Å². The van der Waals surface area contributed by atoms with E-state index in [0.717, 1.165) is 18.9 Å². The molecule has 0 heterocycles. The van der Waals surface area contributed by atoms with E-state index in [1.165, 1.54) is 0 Å². The van der Waals surface area contributed by atoms with Crippen LogP contribution in [0.15, 0.2) is 12.7 Å². The van der Waals surface area contributed by atoms with Gasteiger partial charge in [0.2, 0.25) is 0 Å². The first-order chi connectivity index (χ1) is 11.7. The first kappa shape index (κ1) is 23.1. The molecule has 0 rings (SSSR count). The Bertz CT molecular complexity index is 456. The Morgan fingerprint density at radius 1 is 1.16 bits per heavy atom. The number of thiol groups is 1. The Hall–Kier alpha value is -1.90. The molecule has 0 radical (unpaired) electrons. The number of hydrogen-bond acceptors (Lipinski definition) is 7. The predicted octanol–water partition coefficient (Wildman–Crippen LogP) is 2.46. The average Bonchev–Trinajstić information content (AvgIpc) is 2.55. The molecule has 1 atom stereocenters. The molecule has 0 aromatic heterocycles. The second-order valence-electron chi connectivity index (χ2n) is 6.42. The van der Waals surface area contributed by atoms with Gasteiger partial charge in [0.25, 0.3) is 0 Å². The monoisotopic (exact) mass is 376 g/mol. The highest BCUT2D eigenvalue weighted by Crippen LogP contribution is 2.28. The molecule has 2 amide bonds. The minimum Gasteiger partial charge on any atom is -0.459 e. The molecule has 2 N–H and O–H groups in total. The molecule has 0 aromatic rings. The van der Waals surface area contributed by atoms with Crippen molar-refractivity contribution >= 4 is 31.1 Å². The second kappa shape index (κ2) is 12.5. The Morgan fingerprint density at radius 2 is 1.80 bits per heavy atom. The Morgan fingerprint density at radius 3 is 2.40 bits per heavy atom. The number of amides is 2. The van der Waals surface area contributed by atoms with Crippen LogP contribution >= 0.6 is 12.9 Å². The topological polar surface area (TPSA) is 103 Å². The van der Waals surface area contributed by atoms with Gasteiger partial charge in [0, 0.05) is 32.1 Å². The van der Waals surface area contributed by atoms with Gasteiger partial charge >= 0.3 is 18.2 Å². The van der Waals surface area contributed by atoms with E-state index in [1.807, 2.05) is 6.92 Å². The smallest absolute Gasteiger partial charge is 0.419 e. The van der Waals surface area contributed by atoms with Gasteiger partial charge in [0.05, 0.1) is 0 Å². The maximum Gasteiger partial charge on any atom is 0.419 e. The lowest BCUT2D eigenvalue weighted by Crippen LogP contribution is -2.32. The predicted molar refractivity (Wildman–Crippen MR) is 96.2 cm³/mol. The highest BCUT2D eigenvalue weighted by Gasteiger charge is 2.21. The van der Waals surface area contributed by atoms with E-state index in [2.05, 4.69) is 52.9 Å². The Labute approximate surface area is 154 Å². The fourth-order valence-electron chi connectivity index (χ4n) is 2.30. The molecular formula is C16H28N2O6S. The lowest BCUT2D eigenvalue weighted by Gasteiger charge is -2.28. The number of esters is 1. The lowest BCUT2D eigenvalue weighted by molar-refractivity contribution is -0.138. The summed E-state index contributed by atoms with van der Waals surface area (Å²) in [5.74, 6) is -0.314. The number of hydrogen-bond donors (Lipinski definition) is 3. The van der Waals surface area contributed by atoms with Crippen molar-refractivity contribution in [3.63, 3.8) is 0 Å². The molecule has 0 aliphatic heterocycles. The summed E-state index contributed by atoms with van der Waals surface area (Å²) in [6, 6.07) is 0. The van der Waals surface area contributed by atoms with Gasteiger partial charge in [0.1, 0.15) is 13.2 Å². The van der Waals surface area contributed by atoms with Crippen molar-refractivity contribution < 1.29 is 28.0 Å². The fourth-order valence-corrected chi connectivity index (χ4v) is 2.36. The van der Waals surface area contributed by atoms with Gasteiger partial charge in [-0.05, 0) is 24.2 Å². The normalized spacial score (nSPS) is 11.8. The Balaban J connectivity index is 3.88. The maximum atomic E-state index is 11.5. The number of nitrogens with one attached hydrogen (secondary N) is 2. The summed E-state index contributed by atoms with van der Waals surface area (Å²) in [7, 11) is 0. The van der Waals surface area contributed by atoms with Crippen molar-refractivity contribution in [1.82, 2.24) is 10.6 Å². The van der Waals surface area contributed by atoms with Crippen molar-refractivity contribution in [2.75, 3.05) is 26.3 Å². The molecule has 0 aliphatic carbocycles. The third kappa shape index (κ3) is 13.1. The number of alkyl carbamates (subject to hydrolysis) is 1. The molecule has 144 valence electrons. The van der Waals surface area contributed by atoms with E-state index in [4.69, 9.17) is 4.74 Å². The highest BCUT2D eigenvalue weighted by molar-refractivity contribution is 7.75. The number of ether oxygens (including phenoxy) is 2. The molecule has 25 heavy (non-hydrogen) atoms. The van der Waals surface area contributed by atoms with Crippen LogP contribution in [0.2, 0.25) is 0 Å². The molecule has 0 saturated carbocycles. The van der Waals surface area contributed by atoms with Crippen LogP contribution in [0.5, 0.6) is 0 Å². The van der Waals surface area contributed by atoms with Crippen LogP contribution < -0.4 is 10.6 Å². The van der Waals surface area contributed by atoms with Crippen LogP contribution in [-0.2, 0) is 18.5 Å². The molecule has 9 heteroatoms. The van der Waals surface area contributed by atoms with Crippen molar-refractivity contribution in [3.05, 3.63) is 12.7 Å². The summed E-state index contributed by atoms with van der Waals surface area (Å²) >= 11 is 3.42. The van der Waals surface area contributed by atoms with Crippen LogP contribution in [0.1, 0.15) is 33.6 Å². The third-order valence-corrected chi connectivity index (χ3v) is 3.54. The standard InChI is InChI=1S/C16H28N2O6S/c1-5-13(19)22-8-9-23-14(20)17-7-6-16(3,4)10-12(2)11-18-15(21)24-25/h5,12,25H,1,6-11H2,2-4H3,(H,17,20)(H,18,21). The molecule has 0 saturated heterocycles. The lowest BCUT2D eigenvalue weighted by atomic mass is 9.80.